The lowest BCUT2D eigenvalue weighted by molar-refractivity contribution is -0.172. The largest absolute Gasteiger partial charge is 0.388 e. The van der Waals surface area contributed by atoms with Crippen LogP contribution < -0.4 is 0 Å². The van der Waals surface area contributed by atoms with Crippen molar-refractivity contribution in [3.8, 4) is 0 Å². The summed E-state index contributed by atoms with van der Waals surface area (Å²) in [5.41, 5.74) is 0. The summed E-state index contributed by atoms with van der Waals surface area (Å²) in [6, 6.07) is 0. The Morgan fingerprint density at radius 3 is 2.58 bits per heavy atom. The molecule has 1 rings (SSSR count). The molecule has 5 nitrogen and oxygen atoms in total. The molecule has 1 fully saturated rings. The lowest BCUT2D eigenvalue weighted by atomic mass is 10.0. The van der Waals surface area contributed by atoms with E-state index in [0.717, 1.165) is 6.61 Å². The molecule has 71 valence electrons. The van der Waals surface area contributed by atoms with Gasteiger partial charge in [0.2, 0.25) is 0 Å². The SMILES string of the molecule is COC[C@H]1O[CH][C@H](O)[C@@H](O)[C@@H]1O. The molecule has 0 aromatic heterocycles. The summed E-state index contributed by atoms with van der Waals surface area (Å²) < 4.78 is 9.64. The average Bonchev–Trinajstić information content (AvgIpc) is 2.07. The zero-order chi connectivity index (χ0) is 9.14. The van der Waals surface area contributed by atoms with E-state index in [1.54, 1.807) is 0 Å². The third-order valence-electron chi connectivity index (χ3n) is 1.80. The van der Waals surface area contributed by atoms with Crippen LogP contribution in [-0.2, 0) is 9.47 Å². The monoisotopic (exact) mass is 177 g/mol. The normalized spacial score (nSPS) is 43.0. The zero-order valence-electron chi connectivity index (χ0n) is 6.75. The van der Waals surface area contributed by atoms with Gasteiger partial charge in [0.1, 0.15) is 31.0 Å². The first-order valence-corrected chi connectivity index (χ1v) is 3.68. The van der Waals surface area contributed by atoms with E-state index in [1.807, 2.05) is 0 Å². The van der Waals surface area contributed by atoms with Gasteiger partial charge in [0.05, 0.1) is 6.61 Å². The van der Waals surface area contributed by atoms with E-state index in [2.05, 4.69) is 0 Å². The maximum absolute atomic E-state index is 9.30. The van der Waals surface area contributed by atoms with Crippen LogP contribution >= 0.6 is 0 Å². The smallest absolute Gasteiger partial charge is 0.115 e. The Hall–Kier alpha value is -0.200. The molecule has 0 bridgehead atoms. The Kier molecular flexibility index (Phi) is 3.42. The Bertz CT molecular complexity index is 140. The average molecular weight is 177 g/mol. The summed E-state index contributed by atoms with van der Waals surface area (Å²) in [6.45, 7) is 1.28. The molecule has 0 spiro atoms. The fourth-order valence-corrected chi connectivity index (χ4v) is 1.07. The molecule has 4 atom stereocenters. The maximum Gasteiger partial charge on any atom is 0.115 e. The van der Waals surface area contributed by atoms with Gasteiger partial charge in [0.15, 0.2) is 0 Å². The molecule has 5 heteroatoms. The molecule has 0 amide bonds. The van der Waals surface area contributed by atoms with Crippen molar-refractivity contribution in [1.82, 2.24) is 0 Å². The molecule has 0 saturated carbocycles. The fraction of sp³-hybridized carbons (Fsp3) is 0.857. The van der Waals surface area contributed by atoms with Gasteiger partial charge in [-0.2, -0.15) is 0 Å². The van der Waals surface area contributed by atoms with Crippen LogP contribution in [-0.4, -0.2) is 53.5 Å². The molecule has 0 aromatic carbocycles. The minimum Gasteiger partial charge on any atom is -0.388 e. The van der Waals surface area contributed by atoms with Crippen molar-refractivity contribution in [2.45, 2.75) is 24.4 Å². The van der Waals surface area contributed by atoms with Gasteiger partial charge in [-0.05, 0) is 0 Å². The molecule has 1 aliphatic rings. The number of aliphatic hydroxyl groups excluding tert-OH is 3. The molecule has 1 heterocycles. The fourth-order valence-electron chi connectivity index (χ4n) is 1.07. The number of ether oxygens (including phenoxy) is 2. The lowest BCUT2D eigenvalue weighted by Gasteiger charge is -2.34. The van der Waals surface area contributed by atoms with Gasteiger partial charge in [-0.3, -0.25) is 0 Å². The van der Waals surface area contributed by atoms with Crippen LogP contribution in [0.4, 0.5) is 0 Å². The van der Waals surface area contributed by atoms with Crippen LogP contribution in [0.15, 0.2) is 0 Å². The summed E-state index contributed by atoms with van der Waals surface area (Å²) in [5, 5.41) is 27.5. The topological polar surface area (TPSA) is 79.2 Å². The summed E-state index contributed by atoms with van der Waals surface area (Å²) in [4.78, 5) is 0. The van der Waals surface area contributed by atoms with E-state index < -0.39 is 24.4 Å². The number of rotatable bonds is 2. The molecular formula is C7H13O5. The van der Waals surface area contributed by atoms with E-state index in [0.29, 0.717) is 0 Å². The van der Waals surface area contributed by atoms with E-state index in [9.17, 15) is 10.2 Å². The van der Waals surface area contributed by atoms with Crippen LogP contribution in [0, 0.1) is 6.61 Å². The first kappa shape index (κ1) is 9.88. The van der Waals surface area contributed by atoms with Crippen molar-refractivity contribution in [3.05, 3.63) is 6.61 Å². The van der Waals surface area contributed by atoms with Gasteiger partial charge in [0, 0.05) is 7.11 Å². The second kappa shape index (κ2) is 4.15. The van der Waals surface area contributed by atoms with Crippen molar-refractivity contribution in [1.29, 1.82) is 0 Å². The highest BCUT2D eigenvalue weighted by molar-refractivity contribution is 4.91. The highest BCUT2D eigenvalue weighted by Crippen LogP contribution is 2.18. The van der Waals surface area contributed by atoms with Crippen molar-refractivity contribution in [2.24, 2.45) is 0 Å². The van der Waals surface area contributed by atoms with E-state index >= 15 is 0 Å². The van der Waals surface area contributed by atoms with Crippen molar-refractivity contribution in [2.75, 3.05) is 13.7 Å². The van der Waals surface area contributed by atoms with Crippen LogP contribution in [0.25, 0.3) is 0 Å². The molecule has 0 aliphatic carbocycles. The summed E-state index contributed by atoms with van der Waals surface area (Å²) in [6.07, 6.45) is -4.04. The van der Waals surface area contributed by atoms with Crippen molar-refractivity contribution >= 4 is 0 Å². The molecule has 3 N–H and O–H groups in total. The minimum atomic E-state index is -1.20. The minimum absolute atomic E-state index is 0.182. The Labute approximate surface area is 70.5 Å². The van der Waals surface area contributed by atoms with Crippen molar-refractivity contribution < 1.29 is 24.8 Å². The summed E-state index contributed by atoms with van der Waals surface area (Å²) in [5.74, 6) is 0. The first-order valence-electron chi connectivity index (χ1n) is 3.68. The van der Waals surface area contributed by atoms with E-state index in [4.69, 9.17) is 14.6 Å². The lowest BCUT2D eigenvalue weighted by Crippen LogP contribution is -2.52. The molecule has 0 unspecified atom stereocenters. The molecule has 1 aliphatic heterocycles. The Morgan fingerprint density at radius 2 is 2.00 bits per heavy atom. The van der Waals surface area contributed by atoms with Crippen LogP contribution in [0.5, 0.6) is 0 Å². The van der Waals surface area contributed by atoms with Gasteiger partial charge >= 0.3 is 0 Å². The second-order valence-electron chi connectivity index (χ2n) is 2.74. The molecule has 1 saturated heterocycles. The first-order chi connectivity index (χ1) is 5.66. The van der Waals surface area contributed by atoms with E-state index in [1.165, 1.54) is 7.11 Å². The Morgan fingerprint density at radius 1 is 1.33 bits per heavy atom. The van der Waals surface area contributed by atoms with E-state index in [-0.39, 0.29) is 6.61 Å². The quantitative estimate of drug-likeness (QED) is 0.467. The predicted molar refractivity (Wildman–Crippen MR) is 39.1 cm³/mol. The molecular weight excluding hydrogens is 164 g/mol. The van der Waals surface area contributed by atoms with Crippen LogP contribution in [0.2, 0.25) is 0 Å². The van der Waals surface area contributed by atoms with Crippen LogP contribution in [0.3, 0.4) is 0 Å². The zero-order valence-corrected chi connectivity index (χ0v) is 6.75. The second-order valence-corrected chi connectivity index (χ2v) is 2.74. The van der Waals surface area contributed by atoms with Crippen molar-refractivity contribution in [3.63, 3.8) is 0 Å². The third kappa shape index (κ3) is 1.94. The van der Waals surface area contributed by atoms with Gasteiger partial charge < -0.3 is 24.8 Å². The number of aliphatic hydroxyl groups is 3. The number of hydrogen-bond acceptors (Lipinski definition) is 5. The van der Waals surface area contributed by atoms with Gasteiger partial charge in [-0.25, -0.2) is 0 Å². The summed E-state index contributed by atoms with van der Waals surface area (Å²) in [7, 11) is 1.47. The highest BCUT2D eigenvalue weighted by atomic mass is 16.6. The number of hydrogen-bond donors (Lipinski definition) is 3. The van der Waals surface area contributed by atoms with Gasteiger partial charge in [-0.1, -0.05) is 0 Å². The van der Waals surface area contributed by atoms with Crippen LogP contribution in [0.1, 0.15) is 0 Å². The molecule has 12 heavy (non-hydrogen) atoms. The number of methoxy groups -OCH3 is 1. The summed E-state index contributed by atoms with van der Waals surface area (Å²) >= 11 is 0. The standard InChI is InChI=1S/C7H13O5/c1-11-3-5-7(10)6(9)4(8)2-12-5/h2,4-10H,3H2,1H3/t4-,5+,6+,7+/m0/s1. The molecule has 1 radical (unpaired) electrons. The maximum atomic E-state index is 9.30. The molecule has 0 aromatic rings. The predicted octanol–water partition coefficient (Wildman–Crippen LogP) is -1.72. The Balaban J connectivity index is 2.46. The van der Waals surface area contributed by atoms with Gasteiger partial charge in [-0.15, -0.1) is 0 Å². The third-order valence-corrected chi connectivity index (χ3v) is 1.80. The van der Waals surface area contributed by atoms with Gasteiger partial charge in [0.25, 0.3) is 0 Å². The highest BCUT2D eigenvalue weighted by Gasteiger charge is 2.37.